The highest BCUT2D eigenvalue weighted by Gasteiger charge is 2.58. The van der Waals surface area contributed by atoms with Gasteiger partial charge in [0, 0.05) is 30.6 Å². The topological polar surface area (TPSA) is 83.5 Å². The largest absolute Gasteiger partial charge is 0.468 e. The molecule has 1 N–H and O–H groups in total. The normalized spacial score (nSPS) is 32.0. The standard InChI is InChI=1S/C26H36O7S/c1-29-24(28)23(34-18-11-5-2-6-12-18)20(27)22-21(32-26(33-22)15-9-4-10-16-26)19-17-30-25(31-19)13-7-3-8-14-25/h2,5-6,11-12,19-23,27H,3-4,7-10,13-17H2,1H3/t19-,20?,21-,22-,23?/m1/s1. The van der Waals surface area contributed by atoms with Gasteiger partial charge in [0.05, 0.1) is 13.7 Å². The van der Waals surface area contributed by atoms with Gasteiger partial charge in [0.2, 0.25) is 0 Å². The number of aliphatic hydroxyl groups excluding tert-OH is 1. The van der Waals surface area contributed by atoms with Crippen molar-refractivity contribution in [2.45, 2.75) is 110 Å². The molecule has 1 aromatic carbocycles. The maximum atomic E-state index is 12.8. The summed E-state index contributed by atoms with van der Waals surface area (Å²) >= 11 is 1.29. The van der Waals surface area contributed by atoms with Crippen molar-refractivity contribution in [2.24, 2.45) is 0 Å². The Hall–Kier alpha value is -1.16. The maximum absolute atomic E-state index is 12.8. The zero-order chi connectivity index (χ0) is 23.6. The number of carbonyl (C=O) groups is 1. The average molecular weight is 493 g/mol. The lowest BCUT2D eigenvalue weighted by molar-refractivity contribution is -0.218. The van der Waals surface area contributed by atoms with Crippen LogP contribution in [-0.2, 0) is 28.5 Å². The first-order valence-corrected chi connectivity index (χ1v) is 13.6. The molecule has 2 spiro atoms. The lowest BCUT2D eigenvalue weighted by Crippen LogP contribution is -2.50. The highest BCUT2D eigenvalue weighted by molar-refractivity contribution is 8.00. The summed E-state index contributed by atoms with van der Waals surface area (Å²) in [6.07, 6.45) is 7.15. The minimum Gasteiger partial charge on any atom is -0.468 e. The van der Waals surface area contributed by atoms with E-state index in [4.69, 9.17) is 23.7 Å². The van der Waals surface area contributed by atoms with E-state index in [2.05, 4.69) is 0 Å². The molecule has 7 nitrogen and oxygen atoms in total. The van der Waals surface area contributed by atoms with Crippen LogP contribution < -0.4 is 0 Å². The molecule has 2 aliphatic carbocycles. The smallest absolute Gasteiger partial charge is 0.321 e. The number of aliphatic hydroxyl groups is 1. The Morgan fingerprint density at radius 1 is 0.971 bits per heavy atom. The lowest BCUT2D eigenvalue weighted by Gasteiger charge is -2.33. The number of methoxy groups -OCH3 is 1. The van der Waals surface area contributed by atoms with Gasteiger partial charge >= 0.3 is 5.97 Å². The third kappa shape index (κ3) is 5.04. The summed E-state index contributed by atoms with van der Waals surface area (Å²) in [4.78, 5) is 13.7. The molecule has 2 saturated carbocycles. The Bertz CT molecular complexity index is 822. The van der Waals surface area contributed by atoms with Crippen molar-refractivity contribution in [3.05, 3.63) is 30.3 Å². The third-order valence-electron chi connectivity index (χ3n) is 7.59. The molecule has 0 aromatic heterocycles. The SMILES string of the molecule is COC(=O)C(Sc1ccccc1)C(O)[C@H]1OC2(CCCCC2)O[C@@H]1[C@H]1COC2(CCCCC2)O1. The number of esters is 1. The number of rotatable bonds is 6. The first-order valence-electron chi connectivity index (χ1n) is 12.7. The fourth-order valence-electron chi connectivity index (χ4n) is 5.82. The van der Waals surface area contributed by atoms with Crippen LogP contribution in [0.3, 0.4) is 0 Å². The van der Waals surface area contributed by atoms with Gasteiger partial charge in [-0.3, -0.25) is 4.79 Å². The van der Waals surface area contributed by atoms with Crippen LogP contribution in [0, 0.1) is 0 Å². The molecule has 1 aromatic rings. The Morgan fingerprint density at radius 2 is 1.62 bits per heavy atom. The molecule has 5 atom stereocenters. The molecular formula is C26H36O7S. The van der Waals surface area contributed by atoms with Crippen LogP contribution in [0.2, 0.25) is 0 Å². The number of thioether (sulfide) groups is 1. The highest BCUT2D eigenvalue weighted by Crippen LogP contribution is 2.47. The van der Waals surface area contributed by atoms with E-state index in [-0.39, 0.29) is 6.10 Å². The number of ether oxygens (including phenoxy) is 5. The minimum atomic E-state index is -1.13. The van der Waals surface area contributed by atoms with Crippen molar-refractivity contribution in [3.8, 4) is 0 Å². The van der Waals surface area contributed by atoms with E-state index in [9.17, 15) is 9.90 Å². The van der Waals surface area contributed by atoms with Crippen LogP contribution in [-0.4, -0.2) is 66.0 Å². The lowest BCUT2D eigenvalue weighted by atomic mass is 9.94. The molecule has 0 radical (unpaired) electrons. The predicted molar refractivity (Wildman–Crippen MR) is 126 cm³/mol. The molecule has 2 unspecified atom stereocenters. The molecule has 0 amide bonds. The second-order valence-electron chi connectivity index (χ2n) is 9.94. The van der Waals surface area contributed by atoms with Crippen LogP contribution >= 0.6 is 11.8 Å². The monoisotopic (exact) mass is 492 g/mol. The number of hydrogen-bond acceptors (Lipinski definition) is 8. The van der Waals surface area contributed by atoms with Gasteiger partial charge in [-0.05, 0) is 37.8 Å². The number of hydrogen-bond donors (Lipinski definition) is 1. The highest BCUT2D eigenvalue weighted by atomic mass is 32.2. The van der Waals surface area contributed by atoms with Gasteiger partial charge < -0.3 is 28.8 Å². The van der Waals surface area contributed by atoms with E-state index in [0.29, 0.717) is 6.61 Å². The van der Waals surface area contributed by atoms with E-state index in [1.807, 2.05) is 30.3 Å². The maximum Gasteiger partial charge on any atom is 0.321 e. The van der Waals surface area contributed by atoms with Crippen LogP contribution in [0.5, 0.6) is 0 Å². The Balaban J connectivity index is 1.39. The summed E-state index contributed by atoms with van der Waals surface area (Å²) in [6, 6.07) is 9.57. The number of benzene rings is 1. The van der Waals surface area contributed by atoms with E-state index in [1.165, 1.54) is 25.3 Å². The zero-order valence-corrected chi connectivity index (χ0v) is 20.7. The van der Waals surface area contributed by atoms with E-state index < -0.39 is 41.1 Å². The summed E-state index contributed by atoms with van der Waals surface area (Å²) in [5, 5.41) is 10.7. The quantitative estimate of drug-likeness (QED) is 0.467. The Kier molecular flexibility index (Phi) is 7.54. The second-order valence-corrected chi connectivity index (χ2v) is 11.2. The fraction of sp³-hybridized carbons (Fsp3) is 0.731. The molecule has 5 rings (SSSR count). The second kappa shape index (κ2) is 10.4. The number of carbonyl (C=O) groups excluding carboxylic acids is 1. The van der Waals surface area contributed by atoms with E-state index in [1.54, 1.807) is 0 Å². The summed E-state index contributed by atoms with van der Waals surface area (Å²) in [7, 11) is 1.35. The molecule has 2 saturated heterocycles. The van der Waals surface area contributed by atoms with E-state index in [0.717, 1.165) is 62.7 Å². The van der Waals surface area contributed by atoms with Crippen molar-refractivity contribution in [2.75, 3.05) is 13.7 Å². The molecule has 2 aliphatic heterocycles. The summed E-state index contributed by atoms with van der Waals surface area (Å²) in [6.45, 7) is 0.405. The van der Waals surface area contributed by atoms with Gasteiger partial charge in [-0.15, -0.1) is 11.8 Å². The Labute approximate surface area is 205 Å². The van der Waals surface area contributed by atoms with Crippen LogP contribution in [0.15, 0.2) is 35.2 Å². The van der Waals surface area contributed by atoms with Crippen molar-refractivity contribution in [1.82, 2.24) is 0 Å². The minimum absolute atomic E-state index is 0.348. The van der Waals surface area contributed by atoms with Gasteiger partial charge in [-0.1, -0.05) is 31.0 Å². The molecular weight excluding hydrogens is 456 g/mol. The van der Waals surface area contributed by atoms with Crippen LogP contribution in [0.4, 0.5) is 0 Å². The van der Waals surface area contributed by atoms with E-state index >= 15 is 0 Å². The first kappa shape index (κ1) is 24.5. The van der Waals surface area contributed by atoms with Gasteiger partial charge in [0.25, 0.3) is 0 Å². The van der Waals surface area contributed by atoms with Crippen molar-refractivity contribution in [1.29, 1.82) is 0 Å². The molecule has 0 bridgehead atoms. The third-order valence-corrected chi connectivity index (χ3v) is 8.86. The summed E-state index contributed by atoms with van der Waals surface area (Å²) in [5.41, 5.74) is 0. The van der Waals surface area contributed by atoms with Crippen LogP contribution in [0.1, 0.15) is 64.2 Å². The van der Waals surface area contributed by atoms with Gasteiger partial charge in [-0.25, -0.2) is 0 Å². The average Bonchev–Trinajstić information content (AvgIpc) is 3.45. The first-order chi connectivity index (χ1) is 16.5. The van der Waals surface area contributed by atoms with Gasteiger partial charge in [0.1, 0.15) is 29.7 Å². The van der Waals surface area contributed by atoms with Crippen LogP contribution in [0.25, 0.3) is 0 Å². The molecule has 4 fully saturated rings. The van der Waals surface area contributed by atoms with Crippen molar-refractivity contribution in [3.63, 3.8) is 0 Å². The molecule has 34 heavy (non-hydrogen) atoms. The zero-order valence-electron chi connectivity index (χ0n) is 19.9. The Morgan fingerprint density at radius 3 is 2.26 bits per heavy atom. The molecule has 4 aliphatic rings. The van der Waals surface area contributed by atoms with Gasteiger partial charge in [0.15, 0.2) is 11.6 Å². The summed E-state index contributed by atoms with van der Waals surface area (Å²) in [5.74, 6) is -1.77. The summed E-state index contributed by atoms with van der Waals surface area (Å²) < 4.78 is 30.9. The molecule has 8 heteroatoms. The predicted octanol–water partition coefficient (Wildman–Crippen LogP) is 4.20. The van der Waals surface area contributed by atoms with Crippen molar-refractivity contribution >= 4 is 17.7 Å². The fourth-order valence-corrected chi connectivity index (χ4v) is 6.91. The van der Waals surface area contributed by atoms with Gasteiger partial charge in [-0.2, -0.15) is 0 Å². The molecule has 2 heterocycles. The molecule has 188 valence electrons. The van der Waals surface area contributed by atoms with Crippen molar-refractivity contribution < 1.29 is 33.6 Å².